The van der Waals surface area contributed by atoms with E-state index in [0.717, 1.165) is 0 Å². The highest BCUT2D eigenvalue weighted by Crippen LogP contribution is 2.44. The molecule has 1 saturated heterocycles. The summed E-state index contributed by atoms with van der Waals surface area (Å²) in [7, 11) is 1.29. The summed E-state index contributed by atoms with van der Waals surface area (Å²) in [4.78, 5) is 42.8. The molecule has 0 spiro atoms. The molecule has 0 radical (unpaired) electrons. The first-order valence-electron chi connectivity index (χ1n) is 9.11. The van der Waals surface area contributed by atoms with Crippen molar-refractivity contribution >= 4 is 34.8 Å². The first-order valence-corrected chi connectivity index (χ1v) is 9.99. The predicted octanol–water partition coefficient (Wildman–Crippen LogP) is 2.83. The maximum atomic E-state index is 12.9. The molecule has 0 aromatic heterocycles. The summed E-state index contributed by atoms with van der Waals surface area (Å²) in [6, 6.07) is 4.25. The standard InChI is InChI=1S/C20H22N2O6S/c1-6-27-15-9-13(7-8-14(15)28-12(4)23)17-16(19(25)26-5)10(2)21-20-22(17)18(24)11(3)29-20/h7-9,11,17H,6H2,1-5H3/t11-,17+/m0/s1. The van der Waals surface area contributed by atoms with Gasteiger partial charge in [-0.3, -0.25) is 14.5 Å². The Morgan fingerprint density at radius 1 is 1.28 bits per heavy atom. The molecule has 0 aliphatic carbocycles. The van der Waals surface area contributed by atoms with Crippen LogP contribution in [0.1, 0.15) is 39.3 Å². The highest BCUT2D eigenvalue weighted by molar-refractivity contribution is 8.15. The topological polar surface area (TPSA) is 94.5 Å². The van der Waals surface area contributed by atoms with Gasteiger partial charge >= 0.3 is 11.9 Å². The quantitative estimate of drug-likeness (QED) is 0.536. The number of amidine groups is 1. The summed E-state index contributed by atoms with van der Waals surface area (Å²) < 4.78 is 15.8. The van der Waals surface area contributed by atoms with Gasteiger partial charge in [-0.25, -0.2) is 9.79 Å². The molecule has 2 aliphatic rings. The molecular weight excluding hydrogens is 396 g/mol. The van der Waals surface area contributed by atoms with E-state index in [9.17, 15) is 14.4 Å². The van der Waals surface area contributed by atoms with Crippen molar-refractivity contribution in [2.75, 3.05) is 13.7 Å². The number of benzene rings is 1. The molecule has 0 unspecified atom stereocenters. The number of methoxy groups -OCH3 is 1. The van der Waals surface area contributed by atoms with Crippen LogP contribution < -0.4 is 9.47 Å². The number of carbonyl (C=O) groups is 3. The highest BCUT2D eigenvalue weighted by atomic mass is 32.2. The number of allylic oxidation sites excluding steroid dienone is 1. The molecule has 3 rings (SSSR count). The largest absolute Gasteiger partial charge is 0.490 e. The van der Waals surface area contributed by atoms with E-state index in [1.54, 1.807) is 32.0 Å². The van der Waals surface area contributed by atoms with Crippen LogP contribution in [0.4, 0.5) is 0 Å². The maximum absolute atomic E-state index is 12.9. The zero-order valence-electron chi connectivity index (χ0n) is 16.8. The van der Waals surface area contributed by atoms with Crippen molar-refractivity contribution in [1.82, 2.24) is 4.90 Å². The molecule has 0 saturated carbocycles. The van der Waals surface area contributed by atoms with Gasteiger partial charge in [0.1, 0.15) is 0 Å². The van der Waals surface area contributed by atoms with Crippen LogP contribution in [0.2, 0.25) is 0 Å². The molecule has 29 heavy (non-hydrogen) atoms. The van der Waals surface area contributed by atoms with Gasteiger partial charge in [-0.2, -0.15) is 0 Å². The molecule has 2 atom stereocenters. The van der Waals surface area contributed by atoms with Crippen molar-refractivity contribution in [2.24, 2.45) is 4.99 Å². The molecule has 154 valence electrons. The van der Waals surface area contributed by atoms with E-state index in [2.05, 4.69) is 4.99 Å². The minimum atomic E-state index is -0.717. The number of thioether (sulfide) groups is 1. The van der Waals surface area contributed by atoms with Crippen molar-refractivity contribution in [3.63, 3.8) is 0 Å². The Balaban J connectivity index is 2.15. The second kappa shape index (κ2) is 8.28. The second-order valence-electron chi connectivity index (χ2n) is 6.49. The van der Waals surface area contributed by atoms with E-state index in [4.69, 9.17) is 14.2 Å². The Morgan fingerprint density at radius 2 is 2.00 bits per heavy atom. The van der Waals surface area contributed by atoms with E-state index < -0.39 is 18.0 Å². The number of amides is 1. The number of hydrogen-bond acceptors (Lipinski definition) is 8. The van der Waals surface area contributed by atoms with Crippen molar-refractivity contribution in [1.29, 1.82) is 0 Å². The van der Waals surface area contributed by atoms with Crippen LogP contribution in [0.5, 0.6) is 11.5 Å². The van der Waals surface area contributed by atoms with E-state index in [1.807, 2.05) is 6.92 Å². The van der Waals surface area contributed by atoms with E-state index in [-0.39, 0.29) is 22.5 Å². The lowest BCUT2D eigenvalue weighted by atomic mass is 9.94. The van der Waals surface area contributed by atoms with Crippen molar-refractivity contribution in [3.8, 4) is 11.5 Å². The fourth-order valence-corrected chi connectivity index (χ4v) is 4.32. The van der Waals surface area contributed by atoms with Gasteiger partial charge in [0.15, 0.2) is 16.7 Å². The lowest BCUT2D eigenvalue weighted by molar-refractivity contribution is -0.137. The number of rotatable bonds is 5. The minimum Gasteiger partial charge on any atom is -0.490 e. The zero-order chi connectivity index (χ0) is 21.3. The highest BCUT2D eigenvalue weighted by Gasteiger charge is 2.46. The van der Waals surface area contributed by atoms with Crippen LogP contribution in [0.15, 0.2) is 34.5 Å². The van der Waals surface area contributed by atoms with Crippen molar-refractivity contribution < 1.29 is 28.6 Å². The number of ether oxygens (including phenoxy) is 3. The van der Waals surface area contributed by atoms with Crippen molar-refractivity contribution in [2.45, 2.75) is 39.0 Å². The fraction of sp³-hybridized carbons (Fsp3) is 0.400. The number of esters is 2. The number of hydrogen-bond donors (Lipinski definition) is 0. The third-order valence-corrected chi connectivity index (χ3v) is 5.55. The molecule has 2 aliphatic heterocycles. The number of carbonyl (C=O) groups excluding carboxylic acids is 3. The van der Waals surface area contributed by atoms with Gasteiger partial charge < -0.3 is 14.2 Å². The lowest BCUT2D eigenvalue weighted by Gasteiger charge is -2.33. The molecule has 0 N–H and O–H groups in total. The van der Waals surface area contributed by atoms with Crippen LogP contribution in [0, 0.1) is 0 Å². The second-order valence-corrected chi connectivity index (χ2v) is 7.80. The molecule has 1 aromatic rings. The summed E-state index contributed by atoms with van der Waals surface area (Å²) in [6.45, 7) is 6.98. The lowest BCUT2D eigenvalue weighted by Crippen LogP contribution is -2.40. The number of fused-ring (bicyclic) bond motifs is 1. The maximum Gasteiger partial charge on any atom is 0.338 e. The molecule has 8 nitrogen and oxygen atoms in total. The average Bonchev–Trinajstić information content (AvgIpc) is 2.95. The third-order valence-electron chi connectivity index (χ3n) is 4.50. The average molecular weight is 418 g/mol. The van der Waals surface area contributed by atoms with Crippen molar-refractivity contribution in [3.05, 3.63) is 35.0 Å². The molecule has 1 amide bonds. The van der Waals surface area contributed by atoms with Gasteiger partial charge in [0.25, 0.3) is 0 Å². The molecular formula is C20H22N2O6S. The summed E-state index contributed by atoms with van der Waals surface area (Å²) in [5, 5.41) is 0.229. The van der Waals surface area contributed by atoms with Crippen LogP contribution in [0.25, 0.3) is 0 Å². The van der Waals surface area contributed by atoms with Gasteiger partial charge in [0.05, 0.1) is 36.3 Å². The Bertz CT molecular complexity index is 939. The first-order chi connectivity index (χ1) is 13.8. The Hall–Kier alpha value is -2.81. The zero-order valence-corrected chi connectivity index (χ0v) is 17.7. The van der Waals surface area contributed by atoms with Gasteiger partial charge in [0.2, 0.25) is 5.91 Å². The molecule has 0 bridgehead atoms. The molecule has 1 fully saturated rings. The number of nitrogens with zero attached hydrogens (tertiary/aromatic N) is 2. The Kier molecular flexibility index (Phi) is 5.97. The summed E-state index contributed by atoms with van der Waals surface area (Å²) >= 11 is 1.35. The van der Waals surface area contributed by atoms with E-state index in [0.29, 0.717) is 28.8 Å². The van der Waals surface area contributed by atoms with E-state index >= 15 is 0 Å². The van der Waals surface area contributed by atoms with Crippen LogP contribution in [-0.2, 0) is 19.1 Å². The van der Waals surface area contributed by atoms with Gasteiger partial charge in [0, 0.05) is 6.92 Å². The fourth-order valence-electron chi connectivity index (χ4n) is 3.29. The van der Waals surface area contributed by atoms with Crippen LogP contribution in [-0.4, -0.2) is 46.9 Å². The molecule has 1 aromatic carbocycles. The third kappa shape index (κ3) is 3.87. The predicted molar refractivity (Wildman–Crippen MR) is 108 cm³/mol. The van der Waals surface area contributed by atoms with Gasteiger partial charge in [-0.1, -0.05) is 17.8 Å². The summed E-state index contributed by atoms with van der Waals surface area (Å²) in [5.74, 6) is -0.567. The van der Waals surface area contributed by atoms with E-state index in [1.165, 1.54) is 30.7 Å². The minimum absolute atomic E-state index is 0.144. The Morgan fingerprint density at radius 3 is 2.62 bits per heavy atom. The van der Waals surface area contributed by atoms with Gasteiger partial charge in [-0.15, -0.1) is 0 Å². The van der Waals surface area contributed by atoms with Gasteiger partial charge in [-0.05, 0) is 38.5 Å². The SMILES string of the molecule is CCOc1cc([C@@H]2C(C(=O)OC)=C(C)N=C3S[C@@H](C)C(=O)N32)ccc1OC(C)=O. The monoisotopic (exact) mass is 418 g/mol. The summed E-state index contributed by atoms with van der Waals surface area (Å²) in [5.41, 5.74) is 1.39. The normalized spacial score (nSPS) is 20.9. The van der Waals surface area contributed by atoms with Crippen LogP contribution >= 0.6 is 11.8 Å². The number of aliphatic imine (C=N–C) groups is 1. The first kappa shape index (κ1) is 20.9. The Labute approximate surface area is 172 Å². The molecule has 2 heterocycles. The molecule has 9 heteroatoms. The smallest absolute Gasteiger partial charge is 0.338 e. The van der Waals surface area contributed by atoms with Crippen LogP contribution in [0.3, 0.4) is 0 Å². The summed E-state index contributed by atoms with van der Waals surface area (Å²) in [6.07, 6.45) is 0.